The van der Waals surface area contributed by atoms with Crippen LogP contribution >= 0.6 is 15.9 Å². The zero-order chi connectivity index (χ0) is 13.2. The summed E-state index contributed by atoms with van der Waals surface area (Å²) < 4.78 is 2.88. The molecule has 0 radical (unpaired) electrons. The zero-order valence-corrected chi connectivity index (χ0v) is 12.7. The fourth-order valence-corrected chi connectivity index (χ4v) is 3.49. The monoisotopic (exact) mass is 315 g/mol. The highest BCUT2D eigenvalue weighted by Gasteiger charge is 2.38. The van der Waals surface area contributed by atoms with Gasteiger partial charge in [0.05, 0.1) is 16.4 Å². The van der Waals surface area contributed by atoms with Crippen molar-refractivity contribution < 1.29 is 5.11 Å². The number of hydrogen-bond acceptors (Lipinski definition) is 3. The third-order valence-electron chi connectivity index (χ3n) is 3.89. The molecule has 2 rings (SSSR count). The molecule has 5 heteroatoms. The van der Waals surface area contributed by atoms with Crippen molar-refractivity contribution in [2.75, 3.05) is 7.05 Å². The quantitative estimate of drug-likeness (QED) is 0.897. The third kappa shape index (κ3) is 2.63. The molecular weight excluding hydrogens is 294 g/mol. The van der Waals surface area contributed by atoms with Crippen molar-refractivity contribution in [3.8, 4) is 0 Å². The van der Waals surface area contributed by atoms with E-state index < -0.39 is 5.60 Å². The van der Waals surface area contributed by atoms with Crippen molar-refractivity contribution in [1.29, 1.82) is 0 Å². The fraction of sp³-hybridized carbons (Fsp3) is 0.769. The summed E-state index contributed by atoms with van der Waals surface area (Å²) in [6, 6.07) is 0.534. The molecule has 0 atom stereocenters. The predicted molar refractivity (Wildman–Crippen MR) is 75.4 cm³/mol. The van der Waals surface area contributed by atoms with Crippen LogP contribution < -0.4 is 5.32 Å². The second kappa shape index (κ2) is 5.72. The van der Waals surface area contributed by atoms with Crippen molar-refractivity contribution >= 4 is 15.9 Å². The molecule has 18 heavy (non-hydrogen) atoms. The Kier molecular flexibility index (Phi) is 4.45. The maximum Gasteiger partial charge on any atom is 0.107 e. The van der Waals surface area contributed by atoms with Crippen molar-refractivity contribution in [3.63, 3.8) is 0 Å². The van der Waals surface area contributed by atoms with Gasteiger partial charge in [0.15, 0.2) is 0 Å². The molecule has 0 saturated heterocycles. The number of hydrogen-bond donors (Lipinski definition) is 2. The van der Waals surface area contributed by atoms with E-state index in [4.69, 9.17) is 0 Å². The molecule has 0 bridgehead atoms. The van der Waals surface area contributed by atoms with Crippen LogP contribution in [0.25, 0.3) is 0 Å². The molecule has 1 aromatic rings. The summed E-state index contributed by atoms with van der Waals surface area (Å²) in [5.41, 5.74) is 0.233. The molecule has 0 aromatic carbocycles. The lowest BCUT2D eigenvalue weighted by Gasteiger charge is -2.36. The number of nitrogens with zero attached hydrogens (tertiary/aromatic N) is 2. The van der Waals surface area contributed by atoms with Crippen LogP contribution in [0.5, 0.6) is 0 Å². The molecule has 1 aromatic heterocycles. The number of halogens is 1. The van der Waals surface area contributed by atoms with E-state index >= 15 is 0 Å². The number of aliphatic hydroxyl groups is 1. The molecule has 2 N–H and O–H groups in total. The minimum atomic E-state index is -0.724. The molecule has 102 valence electrons. The summed E-state index contributed by atoms with van der Waals surface area (Å²) in [7, 11) is 1.99. The summed E-state index contributed by atoms with van der Waals surface area (Å²) in [6.45, 7) is 2.99. The summed E-state index contributed by atoms with van der Waals surface area (Å²) >= 11 is 3.53. The Hall–Kier alpha value is -0.390. The highest BCUT2D eigenvalue weighted by Crippen LogP contribution is 2.40. The summed E-state index contributed by atoms with van der Waals surface area (Å²) in [5, 5.41) is 18.6. The third-order valence-corrected chi connectivity index (χ3v) is 4.47. The van der Waals surface area contributed by atoms with Gasteiger partial charge < -0.3 is 10.4 Å². The van der Waals surface area contributed by atoms with Crippen LogP contribution in [-0.2, 0) is 12.1 Å². The maximum atomic E-state index is 10.9. The average Bonchev–Trinajstić information content (AvgIpc) is 2.73. The smallest absolute Gasteiger partial charge is 0.107 e. The van der Waals surface area contributed by atoms with Gasteiger partial charge in [-0.15, -0.1) is 0 Å². The van der Waals surface area contributed by atoms with E-state index in [1.807, 2.05) is 11.7 Å². The normalized spacial score (nSPS) is 28.6. The van der Waals surface area contributed by atoms with Gasteiger partial charge in [0.1, 0.15) is 5.60 Å². The second-order valence-electron chi connectivity index (χ2n) is 5.16. The van der Waals surface area contributed by atoms with E-state index in [0.717, 1.165) is 48.8 Å². The van der Waals surface area contributed by atoms with Crippen LogP contribution in [-0.4, -0.2) is 28.0 Å². The van der Waals surface area contributed by atoms with E-state index in [1.54, 1.807) is 6.20 Å². The Morgan fingerprint density at radius 3 is 2.78 bits per heavy atom. The van der Waals surface area contributed by atoms with Crippen molar-refractivity contribution in [2.24, 2.45) is 0 Å². The molecule has 1 heterocycles. The van der Waals surface area contributed by atoms with Crippen LogP contribution in [0.15, 0.2) is 10.7 Å². The van der Waals surface area contributed by atoms with Gasteiger partial charge in [-0.25, -0.2) is 0 Å². The Bertz CT molecular complexity index is 397. The topological polar surface area (TPSA) is 50.1 Å². The first-order valence-corrected chi connectivity index (χ1v) is 7.51. The molecular formula is C13H22BrN3O. The predicted octanol–water partition coefficient (Wildman–Crippen LogP) is 2.41. The molecule has 1 fully saturated rings. The lowest BCUT2D eigenvalue weighted by molar-refractivity contribution is -0.0161. The number of rotatable bonds is 4. The standard InChI is InChI=1S/C13H22BrN3O/c1-3-8-17-12(11(14)9-16-17)13(18)6-4-10(15-2)5-7-13/h9-10,15,18H,3-8H2,1-2H3. The molecule has 0 amide bonds. The lowest BCUT2D eigenvalue weighted by Crippen LogP contribution is -2.39. The Labute approximate surface area is 117 Å². The first-order chi connectivity index (χ1) is 8.60. The maximum absolute atomic E-state index is 10.9. The zero-order valence-electron chi connectivity index (χ0n) is 11.1. The van der Waals surface area contributed by atoms with E-state index in [1.165, 1.54) is 0 Å². The number of aryl methyl sites for hydroxylation is 1. The van der Waals surface area contributed by atoms with Gasteiger partial charge in [0.25, 0.3) is 0 Å². The van der Waals surface area contributed by atoms with Gasteiger partial charge in [-0.2, -0.15) is 5.10 Å². The van der Waals surface area contributed by atoms with E-state index in [-0.39, 0.29) is 0 Å². The summed E-state index contributed by atoms with van der Waals surface area (Å²) in [4.78, 5) is 0. The molecule has 0 spiro atoms. The van der Waals surface area contributed by atoms with E-state index in [9.17, 15) is 5.11 Å². The van der Waals surface area contributed by atoms with Crippen LogP contribution in [0.3, 0.4) is 0 Å². The summed E-state index contributed by atoms with van der Waals surface area (Å²) in [6.07, 6.45) is 6.44. The second-order valence-corrected chi connectivity index (χ2v) is 6.01. The van der Waals surface area contributed by atoms with Gasteiger partial charge in [0, 0.05) is 12.6 Å². The van der Waals surface area contributed by atoms with Gasteiger partial charge in [-0.1, -0.05) is 6.92 Å². The Morgan fingerprint density at radius 1 is 1.56 bits per heavy atom. The van der Waals surface area contributed by atoms with E-state index in [0.29, 0.717) is 6.04 Å². The molecule has 0 unspecified atom stereocenters. The minimum absolute atomic E-state index is 0.534. The largest absolute Gasteiger partial charge is 0.384 e. The van der Waals surface area contributed by atoms with Crippen molar-refractivity contribution in [3.05, 3.63) is 16.4 Å². The Balaban J connectivity index is 2.22. The fourth-order valence-electron chi connectivity index (χ4n) is 2.83. The van der Waals surface area contributed by atoms with Crippen LogP contribution in [0.4, 0.5) is 0 Å². The number of aromatic nitrogens is 2. The summed E-state index contributed by atoms with van der Waals surface area (Å²) in [5.74, 6) is 0. The van der Waals surface area contributed by atoms with Crippen molar-refractivity contribution in [2.45, 2.75) is 57.2 Å². The SMILES string of the molecule is CCCn1ncc(Br)c1C1(O)CCC(NC)CC1. The van der Waals surface area contributed by atoms with Gasteiger partial charge in [0.2, 0.25) is 0 Å². The highest BCUT2D eigenvalue weighted by atomic mass is 79.9. The number of nitrogens with one attached hydrogen (secondary N) is 1. The lowest BCUT2D eigenvalue weighted by atomic mass is 9.80. The first kappa shape index (κ1) is 14.0. The first-order valence-electron chi connectivity index (χ1n) is 6.72. The molecule has 1 aliphatic rings. The molecule has 0 aliphatic heterocycles. The van der Waals surface area contributed by atoms with Crippen LogP contribution in [0.1, 0.15) is 44.7 Å². The molecule has 1 aliphatic carbocycles. The van der Waals surface area contributed by atoms with Crippen LogP contribution in [0, 0.1) is 0 Å². The molecule has 1 saturated carbocycles. The average molecular weight is 316 g/mol. The van der Waals surface area contributed by atoms with E-state index in [2.05, 4.69) is 33.3 Å². The van der Waals surface area contributed by atoms with Gasteiger partial charge in [-0.3, -0.25) is 4.68 Å². The Morgan fingerprint density at radius 2 is 2.22 bits per heavy atom. The molecule has 4 nitrogen and oxygen atoms in total. The van der Waals surface area contributed by atoms with Crippen molar-refractivity contribution in [1.82, 2.24) is 15.1 Å². The van der Waals surface area contributed by atoms with Crippen LogP contribution in [0.2, 0.25) is 0 Å². The highest BCUT2D eigenvalue weighted by molar-refractivity contribution is 9.10. The van der Waals surface area contributed by atoms with Gasteiger partial charge >= 0.3 is 0 Å². The minimum Gasteiger partial charge on any atom is -0.384 e. The van der Waals surface area contributed by atoms with Gasteiger partial charge in [-0.05, 0) is 55.1 Å².